The Morgan fingerprint density at radius 1 is 1.04 bits per heavy atom. The molecule has 4 rings (SSSR count). The van der Waals surface area contributed by atoms with E-state index in [0.717, 1.165) is 17.7 Å². The van der Waals surface area contributed by atoms with E-state index in [-0.39, 0.29) is 0 Å². The highest BCUT2D eigenvalue weighted by Crippen LogP contribution is 2.23. The number of pyridine rings is 1. The molecule has 24 heavy (non-hydrogen) atoms. The Morgan fingerprint density at radius 2 is 1.96 bits per heavy atom. The molecule has 0 unspecified atom stereocenters. The summed E-state index contributed by atoms with van der Waals surface area (Å²) in [4.78, 5) is 4.61. The molecule has 0 atom stereocenters. The summed E-state index contributed by atoms with van der Waals surface area (Å²) in [6.07, 6.45) is 7.17. The van der Waals surface area contributed by atoms with Gasteiger partial charge in [-0.15, -0.1) is 10.2 Å². The van der Waals surface area contributed by atoms with Gasteiger partial charge in [0, 0.05) is 18.0 Å². The molecule has 0 amide bonds. The number of fused-ring (bicyclic) bond motifs is 1. The molecule has 0 fully saturated rings. The van der Waals surface area contributed by atoms with Gasteiger partial charge in [0.15, 0.2) is 17.5 Å². The van der Waals surface area contributed by atoms with E-state index in [1.165, 1.54) is 21.9 Å². The predicted molar refractivity (Wildman–Crippen MR) is 87.2 cm³/mol. The van der Waals surface area contributed by atoms with Gasteiger partial charge in [-0.3, -0.25) is 4.98 Å². The van der Waals surface area contributed by atoms with Gasteiger partial charge in [0.25, 0.3) is 0 Å². The molecule has 3 aromatic heterocycles. The second-order valence-electron chi connectivity index (χ2n) is 4.91. The van der Waals surface area contributed by atoms with Crippen molar-refractivity contribution < 1.29 is 8.78 Å². The second kappa shape index (κ2) is 5.89. The topological polar surface area (TPSA) is 56.0 Å². The summed E-state index contributed by atoms with van der Waals surface area (Å²) in [6.45, 7) is 0. The molecule has 0 aliphatic heterocycles. The van der Waals surface area contributed by atoms with Crippen LogP contribution in [0.3, 0.4) is 0 Å². The third kappa shape index (κ3) is 2.67. The highest BCUT2D eigenvalue weighted by Gasteiger charge is 2.14. The Hall–Kier alpha value is -3.00. The highest BCUT2D eigenvalue weighted by atomic mass is 32.1. The van der Waals surface area contributed by atoms with Gasteiger partial charge in [-0.25, -0.2) is 8.78 Å². The lowest BCUT2D eigenvalue weighted by Gasteiger charge is -1.98. The molecule has 118 valence electrons. The van der Waals surface area contributed by atoms with Crippen molar-refractivity contribution in [3.63, 3.8) is 0 Å². The zero-order valence-electron chi connectivity index (χ0n) is 12.1. The van der Waals surface area contributed by atoms with E-state index >= 15 is 0 Å². The third-order valence-corrected chi connectivity index (χ3v) is 4.15. The fourth-order valence-electron chi connectivity index (χ4n) is 2.16. The normalized spacial score (nSPS) is 11.6. The Balaban J connectivity index is 1.71. The predicted octanol–water partition coefficient (Wildman–Crippen LogP) is 3.70. The summed E-state index contributed by atoms with van der Waals surface area (Å²) >= 11 is 1.34. The van der Waals surface area contributed by atoms with Gasteiger partial charge < -0.3 is 0 Å². The first-order chi connectivity index (χ1) is 11.7. The molecule has 8 heteroatoms. The van der Waals surface area contributed by atoms with Crippen LogP contribution in [0.4, 0.5) is 8.78 Å². The Bertz CT molecular complexity index is 1040. The number of hydrogen-bond donors (Lipinski definition) is 0. The maximum Gasteiger partial charge on any atom is 0.235 e. The van der Waals surface area contributed by atoms with Crippen LogP contribution in [0.15, 0.2) is 42.7 Å². The minimum absolute atomic E-state index is 0.362. The number of benzene rings is 1. The molecule has 4 aromatic rings. The minimum atomic E-state index is -0.934. The smallest absolute Gasteiger partial charge is 0.235 e. The summed E-state index contributed by atoms with van der Waals surface area (Å²) in [6, 6.07) is 7.35. The van der Waals surface area contributed by atoms with Crippen LogP contribution in [-0.4, -0.2) is 24.8 Å². The van der Waals surface area contributed by atoms with Crippen molar-refractivity contribution in [3.8, 4) is 11.4 Å². The van der Waals surface area contributed by atoms with E-state index < -0.39 is 11.6 Å². The lowest BCUT2D eigenvalue weighted by atomic mass is 10.2. The van der Waals surface area contributed by atoms with Crippen molar-refractivity contribution in [2.24, 2.45) is 0 Å². The van der Waals surface area contributed by atoms with Gasteiger partial charge in [0.1, 0.15) is 5.01 Å². The van der Waals surface area contributed by atoms with Crippen molar-refractivity contribution in [1.82, 2.24) is 24.8 Å². The maximum absolute atomic E-state index is 13.4. The summed E-state index contributed by atoms with van der Waals surface area (Å²) in [5, 5.41) is 13.1. The maximum atomic E-state index is 13.4. The molecule has 0 aliphatic carbocycles. The molecule has 0 saturated carbocycles. The van der Waals surface area contributed by atoms with Crippen LogP contribution in [0.1, 0.15) is 10.6 Å². The molecule has 0 saturated heterocycles. The molecule has 5 nitrogen and oxygen atoms in total. The van der Waals surface area contributed by atoms with Gasteiger partial charge in [-0.05, 0) is 35.9 Å². The van der Waals surface area contributed by atoms with Crippen LogP contribution < -0.4 is 0 Å². The highest BCUT2D eigenvalue weighted by molar-refractivity contribution is 7.17. The molecule has 0 spiro atoms. The van der Waals surface area contributed by atoms with Gasteiger partial charge in [-0.1, -0.05) is 23.5 Å². The summed E-state index contributed by atoms with van der Waals surface area (Å²) in [7, 11) is 0. The SMILES string of the molecule is Fc1ccc(-c2nnc3sc(/C=C/c4cccnc4)nn23)cc1F. The van der Waals surface area contributed by atoms with Crippen molar-refractivity contribution in [2.45, 2.75) is 0 Å². The molecule has 0 bridgehead atoms. The summed E-state index contributed by atoms with van der Waals surface area (Å²) in [5.41, 5.74) is 1.36. The van der Waals surface area contributed by atoms with Crippen molar-refractivity contribution >= 4 is 28.4 Å². The minimum Gasteiger partial charge on any atom is -0.264 e. The Labute approximate surface area is 138 Å². The molecule has 3 heterocycles. The summed E-state index contributed by atoms with van der Waals surface area (Å²) in [5.74, 6) is -1.48. The molecule has 0 aliphatic rings. The van der Waals surface area contributed by atoms with Gasteiger partial charge in [0.05, 0.1) is 0 Å². The van der Waals surface area contributed by atoms with E-state index in [4.69, 9.17) is 0 Å². The van der Waals surface area contributed by atoms with Crippen LogP contribution in [0.2, 0.25) is 0 Å². The van der Waals surface area contributed by atoms with E-state index in [2.05, 4.69) is 20.3 Å². The first-order valence-electron chi connectivity index (χ1n) is 6.96. The van der Waals surface area contributed by atoms with E-state index in [9.17, 15) is 8.78 Å². The van der Waals surface area contributed by atoms with E-state index in [0.29, 0.717) is 21.4 Å². The third-order valence-electron chi connectivity index (χ3n) is 3.29. The zero-order chi connectivity index (χ0) is 16.5. The standard InChI is InChI=1S/C16H9F2N5S/c17-12-5-4-11(8-13(12)18)15-20-21-16-23(15)22-14(24-16)6-3-10-2-1-7-19-9-10/h1-9H/b6-3+. The Morgan fingerprint density at radius 3 is 2.75 bits per heavy atom. The molecule has 1 aromatic carbocycles. The lowest BCUT2D eigenvalue weighted by molar-refractivity contribution is 0.509. The quantitative estimate of drug-likeness (QED) is 0.570. The number of hydrogen-bond acceptors (Lipinski definition) is 5. The lowest BCUT2D eigenvalue weighted by Crippen LogP contribution is -1.92. The summed E-state index contributed by atoms with van der Waals surface area (Å²) < 4.78 is 28.0. The van der Waals surface area contributed by atoms with Crippen molar-refractivity contribution in [3.05, 3.63) is 64.9 Å². The number of nitrogens with zero attached hydrogens (tertiary/aromatic N) is 5. The van der Waals surface area contributed by atoms with Gasteiger partial charge in [-0.2, -0.15) is 9.61 Å². The monoisotopic (exact) mass is 341 g/mol. The van der Waals surface area contributed by atoms with E-state index in [1.807, 2.05) is 24.3 Å². The average Bonchev–Trinajstić information content (AvgIpc) is 3.17. The van der Waals surface area contributed by atoms with Crippen molar-refractivity contribution in [2.75, 3.05) is 0 Å². The fraction of sp³-hybridized carbons (Fsp3) is 0. The first-order valence-corrected chi connectivity index (χ1v) is 7.78. The molecule has 0 radical (unpaired) electrons. The fourth-order valence-corrected chi connectivity index (χ4v) is 2.90. The zero-order valence-corrected chi connectivity index (χ0v) is 12.9. The largest absolute Gasteiger partial charge is 0.264 e. The van der Waals surface area contributed by atoms with Crippen molar-refractivity contribution in [1.29, 1.82) is 0 Å². The second-order valence-corrected chi connectivity index (χ2v) is 5.89. The van der Waals surface area contributed by atoms with Crippen LogP contribution in [-0.2, 0) is 0 Å². The van der Waals surface area contributed by atoms with E-state index in [1.54, 1.807) is 12.4 Å². The number of rotatable bonds is 3. The number of halogens is 2. The number of aromatic nitrogens is 5. The van der Waals surface area contributed by atoms with Crippen LogP contribution in [0.25, 0.3) is 28.5 Å². The molecular weight excluding hydrogens is 332 g/mol. The first kappa shape index (κ1) is 14.6. The average molecular weight is 341 g/mol. The van der Waals surface area contributed by atoms with Crippen LogP contribution in [0.5, 0.6) is 0 Å². The van der Waals surface area contributed by atoms with Gasteiger partial charge in [0.2, 0.25) is 4.96 Å². The van der Waals surface area contributed by atoms with Crippen LogP contribution in [0, 0.1) is 11.6 Å². The molecular formula is C16H9F2N5S. The molecule has 0 N–H and O–H groups in total. The Kier molecular flexibility index (Phi) is 3.58. The van der Waals surface area contributed by atoms with Crippen LogP contribution >= 0.6 is 11.3 Å². The van der Waals surface area contributed by atoms with Gasteiger partial charge >= 0.3 is 0 Å².